The molecule has 2 aromatic carbocycles. The van der Waals surface area contributed by atoms with Gasteiger partial charge in [0.15, 0.2) is 0 Å². The number of amides is 2. The Morgan fingerprint density at radius 2 is 1.68 bits per heavy atom. The molecular formula is C19H21FN2O3. The predicted octanol–water partition coefficient (Wildman–Crippen LogP) is 3.72. The van der Waals surface area contributed by atoms with Crippen LogP contribution < -0.4 is 10.6 Å². The van der Waals surface area contributed by atoms with Crippen molar-refractivity contribution in [2.45, 2.75) is 26.5 Å². The smallest absolute Gasteiger partial charge is 0.408 e. The van der Waals surface area contributed by atoms with Gasteiger partial charge in [-0.15, -0.1) is 0 Å². The van der Waals surface area contributed by atoms with E-state index >= 15 is 0 Å². The Morgan fingerprint density at radius 1 is 1.04 bits per heavy atom. The van der Waals surface area contributed by atoms with Crippen LogP contribution in [0.5, 0.6) is 0 Å². The Balaban J connectivity index is 1.91. The average Bonchev–Trinajstić information content (AvgIpc) is 2.60. The Morgan fingerprint density at radius 3 is 2.28 bits per heavy atom. The van der Waals surface area contributed by atoms with Gasteiger partial charge in [0.2, 0.25) is 5.91 Å². The van der Waals surface area contributed by atoms with Gasteiger partial charge in [-0.25, -0.2) is 9.18 Å². The molecule has 0 radical (unpaired) electrons. The van der Waals surface area contributed by atoms with E-state index in [1.54, 1.807) is 0 Å². The highest BCUT2D eigenvalue weighted by Gasteiger charge is 2.25. The summed E-state index contributed by atoms with van der Waals surface area (Å²) in [7, 11) is 0. The molecule has 1 atom stereocenters. The third kappa shape index (κ3) is 5.91. The van der Waals surface area contributed by atoms with Crippen LogP contribution in [0.4, 0.5) is 14.9 Å². The summed E-state index contributed by atoms with van der Waals surface area (Å²) in [6.45, 7) is 3.75. The third-order valence-corrected chi connectivity index (χ3v) is 3.55. The van der Waals surface area contributed by atoms with Crippen molar-refractivity contribution in [3.8, 4) is 0 Å². The maximum Gasteiger partial charge on any atom is 0.408 e. The average molecular weight is 344 g/mol. The molecule has 2 amide bonds. The highest BCUT2D eigenvalue weighted by molar-refractivity contribution is 5.96. The molecule has 0 heterocycles. The van der Waals surface area contributed by atoms with E-state index in [9.17, 15) is 14.0 Å². The Hall–Kier alpha value is -2.89. The van der Waals surface area contributed by atoms with Gasteiger partial charge in [0, 0.05) is 5.69 Å². The zero-order valence-electron chi connectivity index (χ0n) is 14.2. The van der Waals surface area contributed by atoms with E-state index in [-0.39, 0.29) is 18.3 Å². The normalized spacial score (nSPS) is 11.7. The number of carbonyl (C=O) groups excluding carboxylic acids is 2. The standard InChI is InChI=1S/C19H21FN2O3/c1-13(2)17(18(23)21-16-10-8-15(20)9-11-16)22-19(24)25-12-14-6-4-3-5-7-14/h3-11,13,17H,12H2,1-2H3,(H,21,23)(H,22,24)/t17-/m0/s1. The van der Waals surface area contributed by atoms with Crippen molar-refractivity contribution in [1.82, 2.24) is 5.32 Å². The lowest BCUT2D eigenvalue weighted by atomic mass is 10.0. The third-order valence-electron chi connectivity index (χ3n) is 3.55. The molecule has 6 heteroatoms. The predicted molar refractivity (Wildman–Crippen MR) is 93.4 cm³/mol. The van der Waals surface area contributed by atoms with Crippen molar-refractivity contribution >= 4 is 17.7 Å². The minimum atomic E-state index is -0.770. The highest BCUT2D eigenvalue weighted by atomic mass is 19.1. The minimum absolute atomic E-state index is 0.122. The van der Waals surface area contributed by atoms with Gasteiger partial charge in [-0.05, 0) is 35.7 Å². The fourth-order valence-corrected chi connectivity index (χ4v) is 2.18. The van der Waals surface area contributed by atoms with Crippen LogP contribution in [-0.4, -0.2) is 18.0 Å². The van der Waals surface area contributed by atoms with Gasteiger partial charge in [0.1, 0.15) is 18.5 Å². The maximum atomic E-state index is 12.9. The zero-order chi connectivity index (χ0) is 18.2. The summed E-state index contributed by atoms with van der Waals surface area (Å²) in [4.78, 5) is 24.3. The summed E-state index contributed by atoms with van der Waals surface area (Å²) in [6.07, 6.45) is -0.670. The van der Waals surface area contributed by atoms with Crippen LogP contribution in [0.2, 0.25) is 0 Å². The Kier molecular flexibility index (Phi) is 6.51. The highest BCUT2D eigenvalue weighted by Crippen LogP contribution is 2.11. The van der Waals surface area contributed by atoms with Crippen molar-refractivity contribution in [3.05, 3.63) is 66.0 Å². The molecule has 2 N–H and O–H groups in total. The number of anilines is 1. The maximum absolute atomic E-state index is 12.9. The lowest BCUT2D eigenvalue weighted by Crippen LogP contribution is -2.47. The number of rotatable bonds is 6. The van der Waals surface area contributed by atoms with Crippen LogP contribution in [0.15, 0.2) is 54.6 Å². The minimum Gasteiger partial charge on any atom is -0.445 e. The molecule has 0 aliphatic heterocycles. The van der Waals surface area contributed by atoms with E-state index in [4.69, 9.17) is 4.74 Å². The van der Waals surface area contributed by atoms with E-state index in [2.05, 4.69) is 10.6 Å². The quantitative estimate of drug-likeness (QED) is 0.839. The number of benzene rings is 2. The summed E-state index contributed by atoms with van der Waals surface area (Å²) in [6, 6.07) is 13.9. The Labute approximate surface area is 146 Å². The molecule has 2 aromatic rings. The van der Waals surface area contributed by atoms with Crippen LogP contribution in [0.3, 0.4) is 0 Å². The molecule has 25 heavy (non-hydrogen) atoms. The molecular weight excluding hydrogens is 323 g/mol. The van der Waals surface area contributed by atoms with Crippen molar-refractivity contribution in [2.75, 3.05) is 5.32 Å². The number of ether oxygens (including phenoxy) is 1. The van der Waals surface area contributed by atoms with Gasteiger partial charge >= 0.3 is 6.09 Å². The second kappa shape index (κ2) is 8.82. The number of carbonyl (C=O) groups is 2. The summed E-state index contributed by atoms with van der Waals surface area (Å²) in [5.74, 6) is -0.927. The summed E-state index contributed by atoms with van der Waals surface area (Å²) < 4.78 is 18.1. The topological polar surface area (TPSA) is 67.4 Å². The SMILES string of the molecule is CC(C)[C@H](NC(=O)OCc1ccccc1)C(=O)Nc1ccc(F)cc1. The molecule has 0 saturated heterocycles. The second-order valence-electron chi connectivity index (χ2n) is 5.92. The molecule has 0 saturated carbocycles. The number of hydrogen-bond donors (Lipinski definition) is 2. The Bertz CT molecular complexity index is 702. The van der Waals surface area contributed by atoms with Crippen molar-refractivity contribution in [3.63, 3.8) is 0 Å². The summed E-state index contributed by atoms with van der Waals surface area (Å²) in [5, 5.41) is 5.22. The van der Waals surface area contributed by atoms with Crippen molar-refractivity contribution < 1.29 is 18.7 Å². The largest absolute Gasteiger partial charge is 0.445 e. The summed E-state index contributed by atoms with van der Waals surface area (Å²) in [5.41, 5.74) is 1.31. The zero-order valence-corrected chi connectivity index (χ0v) is 14.2. The lowest BCUT2D eigenvalue weighted by molar-refractivity contribution is -0.119. The molecule has 0 bridgehead atoms. The van der Waals surface area contributed by atoms with Gasteiger partial charge in [-0.2, -0.15) is 0 Å². The molecule has 132 valence electrons. The molecule has 0 aliphatic rings. The first-order valence-electron chi connectivity index (χ1n) is 7.99. The molecule has 2 rings (SSSR count). The van der Waals surface area contributed by atoms with Crippen LogP contribution in [-0.2, 0) is 16.1 Å². The fraction of sp³-hybridized carbons (Fsp3) is 0.263. The summed E-state index contributed by atoms with van der Waals surface area (Å²) >= 11 is 0. The first-order chi connectivity index (χ1) is 12.0. The van der Waals surface area contributed by atoms with Crippen LogP contribution in [0, 0.1) is 11.7 Å². The van der Waals surface area contributed by atoms with Gasteiger partial charge in [0.25, 0.3) is 0 Å². The second-order valence-corrected chi connectivity index (χ2v) is 5.92. The van der Waals surface area contributed by atoms with Gasteiger partial charge in [0.05, 0.1) is 0 Å². The van der Waals surface area contributed by atoms with Gasteiger partial charge < -0.3 is 15.4 Å². The van der Waals surface area contributed by atoms with Crippen LogP contribution in [0.1, 0.15) is 19.4 Å². The van der Waals surface area contributed by atoms with E-state index in [1.807, 2.05) is 44.2 Å². The first kappa shape index (κ1) is 18.4. The van der Waals surface area contributed by atoms with E-state index in [1.165, 1.54) is 24.3 Å². The van der Waals surface area contributed by atoms with E-state index in [0.717, 1.165) is 5.56 Å². The molecule has 5 nitrogen and oxygen atoms in total. The monoisotopic (exact) mass is 344 g/mol. The first-order valence-corrected chi connectivity index (χ1v) is 7.99. The van der Waals surface area contributed by atoms with Gasteiger partial charge in [-0.3, -0.25) is 4.79 Å². The number of alkyl carbamates (subject to hydrolysis) is 1. The van der Waals surface area contributed by atoms with Crippen LogP contribution in [0.25, 0.3) is 0 Å². The molecule has 0 unspecified atom stereocenters. The molecule has 0 aromatic heterocycles. The molecule has 0 fully saturated rings. The lowest BCUT2D eigenvalue weighted by Gasteiger charge is -2.21. The molecule has 0 spiro atoms. The van der Waals surface area contributed by atoms with Crippen molar-refractivity contribution in [1.29, 1.82) is 0 Å². The number of hydrogen-bond acceptors (Lipinski definition) is 3. The number of halogens is 1. The van der Waals surface area contributed by atoms with Crippen molar-refractivity contribution in [2.24, 2.45) is 5.92 Å². The van der Waals surface area contributed by atoms with Gasteiger partial charge in [-0.1, -0.05) is 44.2 Å². The fourth-order valence-electron chi connectivity index (χ4n) is 2.18. The molecule has 0 aliphatic carbocycles. The number of nitrogens with one attached hydrogen (secondary N) is 2. The van der Waals surface area contributed by atoms with E-state index in [0.29, 0.717) is 5.69 Å². The van der Waals surface area contributed by atoms with Crippen LogP contribution >= 0.6 is 0 Å². The van der Waals surface area contributed by atoms with E-state index < -0.39 is 18.0 Å².